The van der Waals surface area contributed by atoms with Crippen LogP contribution in [-0.4, -0.2) is 22.8 Å². The summed E-state index contributed by atoms with van der Waals surface area (Å²) in [4.78, 5) is 30.0. The predicted octanol–water partition coefficient (Wildman–Crippen LogP) is 4.26. The minimum absolute atomic E-state index is 0.103. The number of aromatic nitrogens is 1. The van der Waals surface area contributed by atoms with Crippen LogP contribution in [0.4, 0.5) is 5.69 Å². The number of anilines is 1. The molecule has 2 aromatic carbocycles. The molecule has 2 amide bonds. The number of nitrogens with zero attached hydrogens (tertiary/aromatic N) is 1. The van der Waals surface area contributed by atoms with E-state index in [0.29, 0.717) is 27.9 Å². The van der Waals surface area contributed by atoms with E-state index in [4.69, 9.17) is 0 Å². The molecular weight excluding hydrogens is 358 g/mol. The van der Waals surface area contributed by atoms with E-state index in [2.05, 4.69) is 15.6 Å². The molecule has 5 nitrogen and oxygen atoms in total. The molecule has 4 rings (SSSR count). The van der Waals surface area contributed by atoms with E-state index in [9.17, 15) is 9.59 Å². The van der Waals surface area contributed by atoms with Gasteiger partial charge in [0, 0.05) is 22.9 Å². The van der Waals surface area contributed by atoms with Crippen molar-refractivity contribution in [1.29, 1.82) is 0 Å². The van der Waals surface area contributed by atoms with E-state index in [1.54, 1.807) is 24.3 Å². The van der Waals surface area contributed by atoms with Crippen molar-refractivity contribution in [3.05, 3.63) is 70.7 Å². The number of amides is 2. The number of thiazole rings is 1. The monoisotopic (exact) mass is 377 g/mol. The second kappa shape index (κ2) is 7.32. The van der Waals surface area contributed by atoms with Crippen LogP contribution in [0.15, 0.2) is 54.6 Å². The molecule has 1 heterocycles. The molecule has 27 heavy (non-hydrogen) atoms. The quantitative estimate of drug-likeness (QED) is 0.698. The number of rotatable bonds is 5. The molecule has 136 valence electrons. The smallest absolute Gasteiger partial charge is 0.267 e. The summed E-state index contributed by atoms with van der Waals surface area (Å²) in [5.74, 6) is -0.319. The first kappa shape index (κ1) is 17.4. The largest absolute Gasteiger partial charge is 0.349 e. The van der Waals surface area contributed by atoms with E-state index in [1.807, 2.05) is 37.3 Å². The summed E-state index contributed by atoms with van der Waals surface area (Å²) in [6.45, 7) is 1.83. The zero-order chi connectivity index (χ0) is 18.8. The number of carbonyl (C=O) groups excluding carboxylic acids is 2. The van der Waals surface area contributed by atoms with Crippen LogP contribution in [0, 0.1) is 6.92 Å². The van der Waals surface area contributed by atoms with Crippen LogP contribution in [0.3, 0.4) is 0 Å². The molecule has 3 aromatic rings. The summed E-state index contributed by atoms with van der Waals surface area (Å²) in [5.41, 5.74) is 2.82. The van der Waals surface area contributed by atoms with Crippen LogP contribution >= 0.6 is 11.3 Å². The van der Waals surface area contributed by atoms with Crippen LogP contribution < -0.4 is 10.6 Å². The molecule has 0 bridgehead atoms. The summed E-state index contributed by atoms with van der Waals surface area (Å²) < 4.78 is 0. The summed E-state index contributed by atoms with van der Waals surface area (Å²) in [6, 6.07) is 17.1. The third-order valence-corrected chi connectivity index (χ3v) is 5.52. The average molecular weight is 377 g/mol. The minimum Gasteiger partial charge on any atom is -0.349 e. The molecule has 0 spiro atoms. The first-order chi connectivity index (χ1) is 13.1. The number of nitrogens with one attached hydrogen (secondary N) is 2. The molecule has 1 saturated carbocycles. The van der Waals surface area contributed by atoms with Crippen LogP contribution in [-0.2, 0) is 0 Å². The molecule has 6 heteroatoms. The van der Waals surface area contributed by atoms with E-state index >= 15 is 0 Å². The number of carbonyl (C=O) groups is 2. The summed E-state index contributed by atoms with van der Waals surface area (Å²) in [6.07, 6.45) is 2.08. The molecule has 0 saturated heterocycles. The number of hydrogen-bond donors (Lipinski definition) is 2. The third-order valence-electron chi connectivity index (χ3n) is 4.32. The zero-order valence-electron chi connectivity index (χ0n) is 14.9. The molecule has 1 aliphatic carbocycles. The lowest BCUT2D eigenvalue weighted by molar-refractivity contribution is 0.0949. The van der Waals surface area contributed by atoms with Crippen molar-refractivity contribution in [3.8, 4) is 10.6 Å². The molecular formula is C21H19N3O2S. The normalized spacial score (nSPS) is 13.2. The number of hydrogen-bond acceptors (Lipinski definition) is 4. The molecule has 0 radical (unpaired) electrons. The van der Waals surface area contributed by atoms with Crippen molar-refractivity contribution in [2.45, 2.75) is 25.8 Å². The average Bonchev–Trinajstić information content (AvgIpc) is 3.41. The van der Waals surface area contributed by atoms with E-state index in [1.165, 1.54) is 11.3 Å². The Hall–Kier alpha value is -2.99. The Morgan fingerprint density at radius 2 is 1.81 bits per heavy atom. The van der Waals surface area contributed by atoms with E-state index in [0.717, 1.165) is 23.4 Å². The molecule has 0 aliphatic heterocycles. The molecule has 0 atom stereocenters. The second-order valence-electron chi connectivity index (χ2n) is 6.58. The van der Waals surface area contributed by atoms with Gasteiger partial charge in [0.25, 0.3) is 11.8 Å². The van der Waals surface area contributed by atoms with Crippen LogP contribution in [0.2, 0.25) is 0 Å². The van der Waals surface area contributed by atoms with Crippen molar-refractivity contribution >= 4 is 28.8 Å². The maximum absolute atomic E-state index is 12.7. The van der Waals surface area contributed by atoms with Gasteiger partial charge in [-0.3, -0.25) is 9.59 Å². The van der Waals surface area contributed by atoms with Crippen LogP contribution in [0.25, 0.3) is 10.6 Å². The van der Waals surface area contributed by atoms with Gasteiger partial charge in [0.05, 0.1) is 5.69 Å². The standard InChI is InChI=1S/C21H19N3O2S/c1-13-18(27-21(22-13)14-6-3-2-4-7-14)20(26)24-17-9-5-8-15(12-17)19(25)23-16-10-11-16/h2-9,12,16H,10-11H2,1H3,(H,23,25)(H,24,26). The zero-order valence-corrected chi connectivity index (χ0v) is 15.7. The Morgan fingerprint density at radius 3 is 2.56 bits per heavy atom. The van der Waals surface area contributed by atoms with Crippen molar-refractivity contribution in [3.63, 3.8) is 0 Å². The highest BCUT2D eigenvalue weighted by Crippen LogP contribution is 2.28. The maximum Gasteiger partial charge on any atom is 0.267 e. The predicted molar refractivity (Wildman–Crippen MR) is 107 cm³/mol. The summed E-state index contributed by atoms with van der Waals surface area (Å²) in [5, 5.41) is 6.65. The fourth-order valence-electron chi connectivity index (χ4n) is 2.73. The Morgan fingerprint density at radius 1 is 1.04 bits per heavy atom. The van der Waals surface area contributed by atoms with E-state index < -0.39 is 0 Å². The van der Waals surface area contributed by atoms with Gasteiger partial charge in [0.1, 0.15) is 9.88 Å². The van der Waals surface area contributed by atoms with Gasteiger partial charge in [0.2, 0.25) is 0 Å². The van der Waals surface area contributed by atoms with Gasteiger partial charge in [-0.1, -0.05) is 36.4 Å². The van der Waals surface area contributed by atoms with Gasteiger partial charge in [-0.15, -0.1) is 11.3 Å². The van der Waals surface area contributed by atoms with Crippen LogP contribution in [0.1, 0.15) is 38.6 Å². The molecule has 1 aromatic heterocycles. The Labute approximate surface area is 161 Å². The summed E-state index contributed by atoms with van der Waals surface area (Å²) in [7, 11) is 0. The second-order valence-corrected chi connectivity index (χ2v) is 7.58. The Kier molecular flexibility index (Phi) is 4.73. The van der Waals surface area contributed by atoms with Gasteiger partial charge in [-0.25, -0.2) is 4.98 Å². The van der Waals surface area contributed by atoms with Gasteiger partial charge in [0.15, 0.2) is 0 Å². The van der Waals surface area contributed by atoms with Crippen LogP contribution in [0.5, 0.6) is 0 Å². The fraction of sp³-hybridized carbons (Fsp3) is 0.190. The van der Waals surface area contributed by atoms with Gasteiger partial charge < -0.3 is 10.6 Å². The molecule has 0 unspecified atom stereocenters. The molecule has 1 fully saturated rings. The van der Waals surface area contributed by atoms with E-state index in [-0.39, 0.29) is 11.8 Å². The first-order valence-electron chi connectivity index (χ1n) is 8.85. The lowest BCUT2D eigenvalue weighted by Crippen LogP contribution is -2.25. The maximum atomic E-state index is 12.7. The lowest BCUT2D eigenvalue weighted by atomic mass is 10.2. The van der Waals surface area contributed by atoms with Crippen molar-refractivity contribution < 1.29 is 9.59 Å². The van der Waals surface area contributed by atoms with Crippen molar-refractivity contribution in [1.82, 2.24) is 10.3 Å². The highest BCUT2D eigenvalue weighted by Gasteiger charge is 2.24. The third kappa shape index (κ3) is 4.06. The summed E-state index contributed by atoms with van der Waals surface area (Å²) >= 11 is 1.36. The van der Waals surface area contributed by atoms with Crippen molar-refractivity contribution in [2.75, 3.05) is 5.32 Å². The van der Waals surface area contributed by atoms with Gasteiger partial charge in [-0.05, 0) is 38.0 Å². The minimum atomic E-state index is -0.216. The van der Waals surface area contributed by atoms with Gasteiger partial charge >= 0.3 is 0 Å². The SMILES string of the molecule is Cc1nc(-c2ccccc2)sc1C(=O)Nc1cccc(C(=O)NC2CC2)c1. The molecule has 2 N–H and O–H groups in total. The van der Waals surface area contributed by atoms with Crippen molar-refractivity contribution in [2.24, 2.45) is 0 Å². The first-order valence-corrected chi connectivity index (χ1v) is 9.67. The highest BCUT2D eigenvalue weighted by atomic mass is 32.1. The Bertz CT molecular complexity index is 994. The fourth-order valence-corrected chi connectivity index (χ4v) is 3.70. The highest BCUT2D eigenvalue weighted by molar-refractivity contribution is 7.17. The number of aryl methyl sites for hydroxylation is 1. The Balaban J connectivity index is 1.51. The topological polar surface area (TPSA) is 71.1 Å². The molecule has 1 aliphatic rings. The van der Waals surface area contributed by atoms with Gasteiger partial charge in [-0.2, -0.15) is 0 Å². The lowest BCUT2D eigenvalue weighted by Gasteiger charge is -2.07. The number of benzene rings is 2.